The van der Waals surface area contributed by atoms with Gasteiger partial charge in [0.25, 0.3) is 5.91 Å². The van der Waals surface area contributed by atoms with Gasteiger partial charge < -0.3 is 15.7 Å². The molecule has 1 heterocycles. The first kappa shape index (κ1) is 20.2. The summed E-state index contributed by atoms with van der Waals surface area (Å²) in [5.74, 6) is -1.57. The zero-order valence-electron chi connectivity index (χ0n) is 15.3. The average Bonchev–Trinajstić information content (AvgIpc) is 2.63. The quantitative estimate of drug-likeness (QED) is 0.382. The first-order valence-corrected chi connectivity index (χ1v) is 8.58. The fourth-order valence-electron chi connectivity index (χ4n) is 2.81. The molecule has 1 aromatic rings. The van der Waals surface area contributed by atoms with E-state index < -0.39 is 18.4 Å². The monoisotopic (exact) mass is 373 g/mol. The van der Waals surface area contributed by atoms with Crippen LogP contribution in [0.4, 0.5) is 5.69 Å². The van der Waals surface area contributed by atoms with Gasteiger partial charge in [-0.05, 0) is 56.1 Å². The predicted molar refractivity (Wildman–Crippen MR) is 102 cm³/mol. The van der Waals surface area contributed by atoms with Gasteiger partial charge in [-0.2, -0.15) is 0 Å². The van der Waals surface area contributed by atoms with Crippen molar-refractivity contribution in [2.24, 2.45) is 10.2 Å². The van der Waals surface area contributed by atoms with Crippen molar-refractivity contribution in [1.29, 1.82) is 0 Å². The minimum Gasteiger partial charge on any atom is -0.480 e. The molecule has 0 saturated heterocycles. The van der Waals surface area contributed by atoms with E-state index in [9.17, 15) is 14.5 Å². The highest BCUT2D eigenvalue weighted by Crippen LogP contribution is 2.15. The minimum atomic E-state index is -1.10. The van der Waals surface area contributed by atoms with Crippen molar-refractivity contribution in [1.82, 2.24) is 16.0 Å². The number of carbonyl (C=O) groups excluding carboxylic acids is 1. The number of rotatable bonds is 9. The van der Waals surface area contributed by atoms with Gasteiger partial charge in [0, 0.05) is 5.70 Å². The van der Waals surface area contributed by atoms with Crippen LogP contribution in [0.5, 0.6) is 0 Å². The summed E-state index contributed by atoms with van der Waals surface area (Å²) in [6, 6.07) is 7.19. The van der Waals surface area contributed by atoms with E-state index in [0.29, 0.717) is 29.2 Å². The van der Waals surface area contributed by atoms with Crippen LogP contribution in [0.2, 0.25) is 0 Å². The molecule has 9 nitrogen and oxygen atoms in total. The highest BCUT2D eigenvalue weighted by atomic mass is 16.4. The Labute approximate surface area is 156 Å². The molecule has 2 rings (SSSR count). The molecule has 0 aromatic heterocycles. The summed E-state index contributed by atoms with van der Waals surface area (Å²) < 4.78 is 0. The number of aryl methyl sites for hydroxylation is 1. The topological polar surface area (TPSA) is 132 Å². The molecule has 0 radical (unpaired) electrons. The van der Waals surface area contributed by atoms with Crippen LogP contribution >= 0.6 is 0 Å². The summed E-state index contributed by atoms with van der Waals surface area (Å²) in [6.45, 7) is 3.71. The standard InChI is InChI=1S/C18H23N5O4/c1-11-16(17(26)20-10-15(24)25)12(2)22-18(21-11)19-8-4-6-13-5-3-7-14(9-13)23-27/h3,5,7,9,18-19,21H,4,6,8,10H2,1-2H3,(H,20,26)(H,24,25). The second-order valence-corrected chi connectivity index (χ2v) is 6.16. The van der Waals surface area contributed by atoms with Crippen molar-refractivity contribution in [3.8, 4) is 0 Å². The minimum absolute atomic E-state index is 0.354. The molecule has 1 aliphatic rings. The molecular formula is C18H23N5O4. The van der Waals surface area contributed by atoms with Crippen LogP contribution in [0.25, 0.3) is 0 Å². The number of nitroso groups, excluding NO2 is 1. The Balaban J connectivity index is 1.83. The molecule has 144 valence electrons. The molecule has 27 heavy (non-hydrogen) atoms. The Kier molecular flexibility index (Phi) is 7.18. The Morgan fingerprint density at radius 2 is 2.11 bits per heavy atom. The SMILES string of the molecule is CC1=NC(NCCCc2cccc(N=O)c2)NC(C)=C1C(=O)NCC(=O)O. The van der Waals surface area contributed by atoms with E-state index in [1.165, 1.54) is 0 Å². The number of hydrogen-bond donors (Lipinski definition) is 4. The number of aliphatic carboxylic acids is 1. The molecule has 0 saturated carbocycles. The lowest BCUT2D eigenvalue weighted by Crippen LogP contribution is -2.46. The van der Waals surface area contributed by atoms with Crippen molar-refractivity contribution in [2.45, 2.75) is 33.0 Å². The lowest BCUT2D eigenvalue weighted by Gasteiger charge is -2.25. The molecule has 0 spiro atoms. The molecule has 1 amide bonds. The maximum Gasteiger partial charge on any atom is 0.322 e. The number of nitrogens with one attached hydrogen (secondary N) is 3. The van der Waals surface area contributed by atoms with Crippen molar-refractivity contribution in [2.75, 3.05) is 13.1 Å². The summed E-state index contributed by atoms with van der Waals surface area (Å²) >= 11 is 0. The van der Waals surface area contributed by atoms with Crippen molar-refractivity contribution in [3.05, 3.63) is 46.0 Å². The number of aliphatic imine (C=N–C) groups is 1. The van der Waals surface area contributed by atoms with Gasteiger partial charge in [-0.15, -0.1) is 4.91 Å². The molecule has 1 atom stereocenters. The lowest BCUT2D eigenvalue weighted by molar-refractivity contribution is -0.137. The second kappa shape index (κ2) is 9.58. The average molecular weight is 373 g/mol. The Morgan fingerprint density at radius 3 is 2.78 bits per heavy atom. The highest BCUT2D eigenvalue weighted by Gasteiger charge is 2.23. The Morgan fingerprint density at radius 1 is 1.33 bits per heavy atom. The molecule has 1 unspecified atom stereocenters. The van der Waals surface area contributed by atoms with Gasteiger partial charge in [-0.3, -0.25) is 14.9 Å². The third-order valence-corrected chi connectivity index (χ3v) is 4.04. The van der Waals surface area contributed by atoms with Gasteiger partial charge in [0.1, 0.15) is 12.2 Å². The van der Waals surface area contributed by atoms with Gasteiger partial charge in [-0.25, -0.2) is 4.99 Å². The molecule has 4 N–H and O–H groups in total. The number of benzene rings is 1. The zero-order valence-corrected chi connectivity index (χ0v) is 15.3. The fraction of sp³-hybridized carbons (Fsp3) is 0.389. The number of carboxylic acids is 1. The lowest BCUT2D eigenvalue weighted by atomic mass is 10.1. The molecule has 0 aliphatic carbocycles. The van der Waals surface area contributed by atoms with Crippen molar-refractivity contribution < 1.29 is 14.7 Å². The summed E-state index contributed by atoms with van der Waals surface area (Å²) in [6.07, 6.45) is 1.27. The predicted octanol–water partition coefficient (Wildman–Crippen LogP) is 1.43. The van der Waals surface area contributed by atoms with Crippen LogP contribution in [0.1, 0.15) is 25.8 Å². The van der Waals surface area contributed by atoms with E-state index in [2.05, 4.69) is 26.1 Å². The van der Waals surface area contributed by atoms with E-state index in [0.717, 1.165) is 18.4 Å². The van der Waals surface area contributed by atoms with Crippen LogP contribution < -0.4 is 16.0 Å². The second-order valence-electron chi connectivity index (χ2n) is 6.16. The zero-order chi connectivity index (χ0) is 19.8. The first-order chi connectivity index (χ1) is 12.9. The number of amides is 1. The van der Waals surface area contributed by atoms with E-state index in [-0.39, 0.29) is 6.29 Å². The van der Waals surface area contributed by atoms with Crippen LogP contribution in [0.3, 0.4) is 0 Å². The number of hydrogen-bond acceptors (Lipinski definition) is 7. The van der Waals surface area contributed by atoms with E-state index in [1.807, 2.05) is 6.07 Å². The number of carbonyl (C=O) groups is 2. The van der Waals surface area contributed by atoms with E-state index in [1.54, 1.807) is 32.0 Å². The van der Waals surface area contributed by atoms with Crippen LogP contribution in [0, 0.1) is 4.91 Å². The van der Waals surface area contributed by atoms with E-state index >= 15 is 0 Å². The normalized spacial score (nSPS) is 16.4. The van der Waals surface area contributed by atoms with Gasteiger partial charge in [0.15, 0.2) is 6.29 Å². The summed E-state index contributed by atoms with van der Waals surface area (Å²) in [7, 11) is 0. The molecule has 0 fully saturated rings. The largest absolute Gasteiger partial charge is 0.480 e. The van der Waals surface area contributed by atoms with Crippen molar-refractivity contribution >= 4 is 23.3 Å². The van der Waals surface area contributed by atoms with Crippen molar-refractivity contribution in [3.63, 3.8) is 0 Å². The number of nitrogens with zero attached hydrogens (tertiary/aromatic N) is 2. The third-order valence-electron chi connectivity index (χ3n) is 4.04. The molecule has 1 aromatic carbocycles. The van der Waals surface area contributed by atoms with Crippen LogP contribution in [0.15, 0.2) is 45.7 Å². The number of allylic oxidation sites excluding steroid dienone is 1. The molecule has 9 heteroatoms. The smallest absolute Gasteiger partial charge is 0.322 e. The van der Waals surface area contributed by atoms with Gasteiger partial charge in [0.05, 0.1) is 11.3 Å². The molecule has 0 bridgehead atoms. The summed E-state index contributed by atoms with van der Waals surface area (Å²) in [5, 5.41) is 20.3. The third kappa shape index (κ3) is 6.00. The van der Waals surface area contributed by atoms with Crippen LogP contribution in [-0.4, -0.2) is 42.1 Å². The van der Waals surface area contributed by atoms with Crippen LogP contribution in [-0.2, 0) is 16.0 Å². The maximum absolute atomic E-state index is 12.1. The first-order valence-electron chi connectivity index (χ1n) is 8.58. The molecular weight excluding hydrogens is 350 g/mol. The fourth-order valence-corrected chi connectivity index (χ4v) is 2.81. The Hall–Kier alpha value is -3.07. The highest BCUT2D eigenvalue weighted by molar-refractivity contribution is 6.21. The Bertz CT molecular complexity index is 788. The van der Waals surface area contributed by atoms with Gasteiger partial charge in [0.2, 0.25) is 0 Å². The van der Waals surface area contributed by atoms with E-state index in [4.69, 9.17) is 5.11 Å². The van der Waals surface area contributed by atoms with Gasteiger partial charge >= 0.3 is 5.97 Å². The maximum atomic E-state index is 12.1. The summed E-state index contributed by atoms with van der Waals surface area (Å²) in [4.78, 5) is 37.6. The molecule has 1 aliphatic heterocycles. The number of carboxylic acid groups (broad SMARTS) is 1. The summed E-state index contributed by atoms with van der Waals surface area (Å²) in [5.41, 5.74) is 2.99. The van der Waals surface area contributed by atoms with Gasteiger partial charge in [-0.1, -0.05) is 12.1 Å².